The minimum atomic E-state index is -4.73. The summed E-state index contributed by atoms with van der Waals surface area (Å²) in [4.78, 5) is 16.9. The number of hydrogen-bond acceptors (Lipinski definition) is 5. The quantitative estimate of drug-likeness (QED) is 0.756. The molecule has 1 amide bonds. The first-order valence-corrected chi connectivity index (χ1v) is 8.65. The summed E-state index contributed by atoms with van der Waals surface area (Å²) in [5.41, 5.74) is 7.06. The lowest BCUT2D eigenvalue weighted by molar-refractivity contribution is -0.202. The van der Waals surface area contributed by atoms with Crippen molar-refractivity contribution >= 4 is 23.1 Å². The van der Waals surface area contributed by atoms with Gasteiger partial charge in [-0.3, -0.25) is 4.79 Å². The van der Waals surface area contributed by atoms with Crippen LogP contribution in [0.5, 0.6) is 0 Å². The summed E-state index contributed by atoms with van der Waals surface area (Å²) in [6.07, 6.45) is -5.43. The molecule has 138 valence electrons. The molecule has 0 aromatic carbocycles. The molecule has 25 heavy (non-hydrogen) atoms. The third-order valence-electron chi connectivity index (χ3n) is 3.80. The maximum Gasteiger partial charge on any atom is 0.414 e. The van der Waals surface area contributed by atoms with Gasteiger partial charge in [0.25, 0.3) is 5.91 Å². The molecule has 0 aliphatic carbocycles. The third kappa shape index (κ3) is 4.82. The Morgan fingerprint density at radius 1 is 1.44 bits per heavy atom. The van der Waals surface area contributed by atoms with Crippen LogP contribution in [0.25, 0.3) is 0 Å². The Morgan fingerprint density at radius 3 is 2.64 bits per heavy atom. The molecule has 1 unspecified atom stereocenters. The minimum Gasteiger partial charge on any atom is -0.401 e. The zero-order chi connectivity index (χ0) is 18.8. The molecule has 1 aliphatic heterocycles. The molecular formula is C16H20F3N3O2S. The molecule has 0 spiro atoms. The maximum atomic E-state index is 12.7. The highest BCUT2D eigenvalue weighted by molar-refractivity contribution is 7.10. The summed E-state index contributed by atoms with van der Waals surface area (Å²) in [7, 11) is 0. The number of nitrogens with one attached hydrogen (secondary N) is 1. The Kier molecular flexibility index (Phi) is 5.89. The Bertz CT molecular complexity index is 708. The fraction of sp³-hybridized carbons (Fsp3) is 0.500. The lowest BCUT2D eigenvalue weighted by Crippen LogP contribution is -2.34. The van der Waals surface area contributed by atoms with Gasteiger partial charge in [-0.15, -0.1) is 11.3 Å². The molecule has 1 aromatic heterocycles. The van der Waals surface area contributed by atoms with Crippen molar-refractivity contribution in [3.8, 4) is 0 Å². The van der Waals surface area contributed by atoms with Crippen LogP contribution in [0.1, 0.15) is 53.4 Å². The zero-order valence-electron chi connectivity index (χ0n) is 13.9. The number of alkyl halides is 3. The largest absolute Gasteiger partial charge is 0.414 e. The molecule has 0 saturated carbocycles. The van der Waals surface area contributed by atoms with Crippen LogP contribution in [0.2, 0.25) is 0 Å². The van der Waals surface area contributed by atoms with Gasteiger partial charge in [0, 0.05) is 29.6 Å². The number of amidine groups is 1. The summed E-state index contributed by atoms with van der Waals surface area (Å²) < 4.78 is 38.0. The van der Waals surface area contributed by atoms with E-state index in [9.17, 15) is 23.1 Å². The number of carbonyl (C=O) groups excluding carboxylic acids is 1. The van der Waals surface area contributed by atoms with Crippen LogP contribution in [-0.2, 0) is 6.42 Å². The number of halogens is 3. The van der Waals surface area contributed by atoms with Gasteiger partial charge in [-0.25, -0.2) is 4.99 Å². The Hall–Kier alpha value is -1.87. The second-order valence-corrected chi connectivity index (χ2v) is 7.10. The van der Waals surface area contributed by atoms with Crippen molar-refractivity contribution in [2.24, 2.45) is 10.7 Å². The molecule has 0 saturated heterocycles. The predicted octanol–water partition coefficient (Wildman–Crippen LogP) is 3.06. The number of allylic oxidation sites excluding steroid dienone is 1. The van der Waals surface area contributed by atoms with Gasteiger partial charge in [0.1, 0.15) is 5.84 Å². The fourth-order valence-electron chi connectivity index (χ4n) is 2.38. The monoisotopic (exact) mass is 375 g/mol. The Morgan fingerprint density at radius 2 is 2.12 bits per heavy atom. The van der Waals surface area contributed by atoms with Gasteiger partial charge in [0.05, 0.1) is 5.56 Å². The Balaban J connectivity index is 2.28. The fourth-order valence-corrected chi connectivity index (χ4v) is 3.62. The molecule has 9 heteroatoms. The van der Waals surface area contributed by atoms with Crippen molar-refractivity contribution in [2.45, 2.75) is 51.3 Å². The molecule has 0 fully saturated rings. The lowest BCUT2D eigenvalue weighted by atomic mass is 9.98. The van der Waals surface area contributed by atoms with Gasteiger partial charge in [-0.1, -0.05) is 13.8 Å². The first-order valence-electron chi connectivity index (χ1n) is 7.77. The first-order chi connectivity index (χ1) is 11.6. The number of nitrogens with two attached hydrogens (primary N) is 1. The smallest absolute Gasteiger partial charge is 0.401 e. The molecule has 0 radical (unpaired) electrons. The highest BCUT2D eigenvalue weighted by atomic mass is 32.1. The first kappa shape index (κ1) is 19.5. The summed E-state index contributed by atoms with van der Waals surface area (Å²) in [6, 6.07) is 0. The van der Waals surface area contributed by atoms with Gasteiger partial charge < -0.3 is 16.2 Å². The van der Waals surface area contributed by atoms with E-state index in [1.165, 1.54) is 6.20 Å². The van der Waals surface area contributed by atoms with Crippen LogP contribution >= 0.6 is 11.3 Å². The van der Waals surface area contributed by atoms with Gasteiger partial charge >= 0.3 is 6.18 Å². The molecule has 4 N–H and O–H groups in total. The van der Waals surface area contributed by atoms with E-state index in [0.717, 1.165) is 11.3 Å². The number of rotatable bonds is 4. The van der Waals surface area contributed by atoms with E-state index in [1.807, 2.05) is 13.8 Å². The lowest BCUT2D eigenvalue weighted by Gasteiger charge is -2.17. The highest BCUT2D eigenvalue weighted by Crippen LogP contribution is 2.32. The standard InChI is InChI=1S/C16H20F3N3O2S/c1-8(2)10-7-25-11(5-12(23)16(17,18)19)14(10)15(24)22-13-4-3-9(20)6-21-13/h6-8,12,23H,3-5,20H2,1-2H3,(H,21,22,24). The molecule has 5 nitrogen and oxygen atoms in total. The van der Waals surface area contributed by atoms with E-state index in [4.69, 9.17) is 5.73 Å². The van der Waals surface area contributed by atoms with Crippen LogP contribution in [0.3, 0.4) is 0 Å². The van der Waals surface area contributed by atoms with Crippen molar-refractivity contribution in [2.75, 3.05) is 0 Å². The number of thiophene rings is 1. The van der Waals surface area contributed by atoms with Crippen LogP contribution in [-0.4, -0.2) is 29.1 Å². The molecular weight excluding hydrogens is 355 g/mol. The van der Waals surface area contributed by atoms with Gasteiger partial charge in [0.15, 0.2) is 6.10 Å². The minimum absolute atomic E-state index is 0.0439. The predicted molar refractivity (Wildman–Crippen MR) is 90.6 cm³/mol. The maximum absolute atomic E-state index is 12.7. The summed E-state index contributed by atoms with van der Waals surface area (Å²) in [6.45, 7) is 3.70. The SMILES string of the molecule is CC(C)c1csc(CC(O)C(F)(F)F)c1C(=O)NC1=NC=C(N)CC1. The van der Waals surface area contributed by atoms with Gasteiger partial charge in [0.2, 0.25) is 0 Å². The second-order valence-electron chi connectivity index (χ2n) is 6.14. The van der Waals surface area contributed by atoms with Crippen LogP contribution in [0, 0.1) is 0 Å². The van der Waals surface area contributed by atoms with E-state index in [-0.39, 0.29) is 16.4 Å². The van der Waals surface area contributed by atoms with Gasteiger partial charge in [-0.2, -0.15) is 13.2 Å². The van der Waals surface area contributed by atoms with E-state index in [0.29, 0.717) is 29.9 Å². The molecule has 2 heterocycles. The molecule has 2 rings (SSSR count). The van der Waals surface area contributed by atoms with Crippen LogP contribution in [0.4, 0.5) is 13.2 Å². The average Bonchev–Trinajstić information content (AvgIpc) is 2.92. The van der Waals surface area contributed by atoms with Crippen molar-refractivity contribution < 1.29 is 23.1 Å². The van der Waals surface area contributed by atoms with Crippen molar-refractivity contribution in [3.63, 3.8) is 0 Å². The van der Waals surface area contributed by atoms with Crippen molar-refractivity contribution in [3.05, 3.63) is 33.3 Å². The van der Waals surface area contributed by atoms with Crippen molar-refractivity contribution in [1.29, 1.82) is 0 Å². The van der Waals surface area contributed by atoms with Crippen LogP contribution in [0.15, 0.2) is 22.3 Å². The number of carbonyl (C=O) groups is 1. The molecule has 1 aromatic rings. The molecule has 1 atom stereocenters. The van der Waals surface area contributed by atoms with Crippen LogP contribution < -0.4 is 11.1 Å². The average molecular weight is 375 g/mol. The van der Waals surface area contributed by atoms with E-state index >= 15 is 0 Å². The number of aliphatic hydroxyl groups is 1. The van der Waals surface area contributed by atoms with Crippen molar-refractivity contribution in [1.82, 2.24) is 5.32 Å². The number of aliphatic imine (C=N–C) groups is 1. The second kappa shape index (κ2) is 7.57. The number of nitrogens with zero attached hydrogens (tertiary/aromatic N) is 1. The number of amides is 1. The normalized spacial score (nSPS) is 16.4. The summed E-state index contributed by atoms with van der Waals surface area (Å²) in [5, 5.41) is 13.7. The topological polar surface area (TPSA) is 87.7 Å². The summed E-state index contributed by atoms with van der Waals surface area (Å²) in [5.74, 6) is -0.137. The molecule has 1 aliphatic rings. The van der Waals surface area contributed by atoms with E-state index in [1.54, 1.807) is 5.38 Å². The highest BCUT2D eigenvalue weighted by Gasteiger charge is 2.39. The van der Waals surface area contributed by atoms with E-state index < -0.39 is 24.6 Å². The number of hydrogen-bond donors (Lipinski definition) is 3. The third-order valence-corrected chi connectivity index (χ3v) is 4.82. The molecule has 0 bridgehead atoms. The Labute approximate surface area is 147 Å². The van der Waals surface area contributed by atoms with E-state index in [2.05, 4.69) is 10.3 Å². The summed E-state index contributed by atoms with van der Waals surface area (Å²) >= 11 is 1.05. The zero-order valence-corrected chi connectivity index (χ0v) is 14.7. The number of aliphatic hydroxyl groups excluding tert-OH is 1. The van der Waals surface area contributed by atoms with Gasteiger partial charge in [-0.05, 0) is 23.3 Å².